The maximum Gasteiger partial charge on any atom is 0.416 e. The van der Waals surface area contributed by atoms with E-state index in [0.717, 1.165) is 18.2 Å². The fourth-order valence-electron chi connectivity index (χ4n) is 1.56. The number of carbonyl (C=O) groups is 1. The lowest BCUT2D eigenvalue weighted by Crippen LogP contribution is -2.04. The van der Waals surface area contributed by atoms with Crippen LogP contribution in [-0.4, -0.2) is 5.78 Å². The van der Waals surface area contributed by atoms with Gasteiger partial charge in [-0.15, -0.1) is 0 Å². The topological polar surface area (TPSA) is 30.2 Å². The fraction of sp³-hybridized carbons (Fsp3) is 0.154. The number of hydrogen-bond donors (Lipinski definition) is 0. The highest BCUT2D eigenvalue weighted by molar-refractivity contribution is 6.33. The van der Waals surface area contributed by atoms with Gasteiger partial charge in [-0.25, -0.2) is 0 Å². The first-order valence-corrected chi connectivity index (χ1v) is 5.64. The molecule has 0 bridgehead atoms. The zero-order valence-corrected chi connectivity index (χ0v) is 10.5. The summed E-state index contributed by atoms with van der Waals surface area (Å²) in [7, 11) is 0. The molecule has 2 nitrogen and oxygen atoms in total. The van der Waals surface area contributed by atoms with Crippen LogP contribution in [0.3, 0.4) is 0 Å². The standard InChI is InChI=1S/C13H8ClF3O2/c1-7(18)11-4-5-12(19-11)9-6-8(13(15,16)17)2-3-10(9)14/h2-6H,1H3. The van der Waals surface area contributed by atoms with Crippen molar-refractivity contribution >= 4 is 17.4 Å². The molecule has 2 rings (SSSR count). The van der Waals surface area contributed by atoms with Crippen molar-refractivity contribution in [3.8, 4) is 11.3 Å². The Bertz CT molecular complexity index is 629. The first-order valence-electron chi connectivity index (χ1n) is 5.27. The largest absolute Gasteiger partial charge is 0.453 e. The molecule has 1 aromatic heterocycles. The highest BCUT2D eigenvalue weighted by Crippen LogP contribution is 2.36. The lowest BCUT2D eigenvalue weighted by molar-refractivity contribution is -0.137. The van der Waals surface area contributed by atoms with Crippen molar-refractivity contribution in [1.29, 1.82) is 0 Å². The van der Waals surface area contributed by atoms with Gasteiger partial charge in [0.15, 0.2) is 11.5 Å². The Morgan fingerprint density at radius 1 is 1.21 bits per heavy atom. The molecular weight excluding hydrogens is 281 g/mol. The first kappa shape index (κ1) is 13.7. The van der Waals surface area contributed by atoms with Gasteiger partial charge in [0, 0.05) is 12.5 Å². The third-order valence-electron chi connectivity index (χ3n) is 2.51. The Balaban J connectivity index is 2.51. The van der Waals surface area contributed by atoms with Gasteiger partial charge in [-0.2, -0.15) is 13.2 Å². The minimum absolute atomic E-state index is 0.0727. The summed E-state index contributed by atoms with van der Waals surface area (Å²) >= 11 is 5.86. The van der Waals surface area contributed by atoms with E-state index < -0.39 is 11.7 Å². The van der Waals surface area contributed by atoms with Crippen molar-refractivity contribution in [1.82, 2.24) is 0 Å². The van der Waals surface area contributed by atoms with E-state index in [1.54, 1.807) is 0 Å². The van der Waals surface area contributed by atoms with E-state index in [4.69, 9.17) is 16.0 Å². The summed E-state index contributed by atoms with van der Waals surface area (Å²) in [6, 6.07) is 5.74. The zero-order chi connectivity index (χ0) is 14.2. The molecule has 0 N–H and O–H groups in total. The van der Waals surface area contributed by atoms with Crippen LogP contribution in [0.5, 0.6) is 0 Å². The third-order valence-corrected chi connectivity index (χ3v) is 2.84. The van der Waals surface area contributed by atoms with Gasteiger partial charge in [0.25, 0.3) is 0 Å². The molecule has 1 aromatic carbocycles. The van der Waals surface area contributed by atoms with Crippen LogP contribution in [-0.2, 0) is 6.18 Å². The minimum Gasteiger partial charge on any atom is -0.453 e. The van der Waals surface area contributed by atoms with Crippen LogP contribution in [0.1, 0.15) is 23.0 Å². The van der Waals surface area contributed by atoms with Crippen molar-refractivity contribution in [2.45, 2.75) is 13.1 Å². The summed E-state index contributed by atoms with van der Waals surface area (Å²) in [5.74, 6) is -0.112. The van der Waals surface area contributed by atoms with E-state index in [2.05, 4.69) is 0 Å². The number of ketones is 1. The molecule has 0 atom stereocenters. The van der Waals surface area contributed by atoms with E-state index >= 15 is 0 Å². The summed E-state index contributed by atoms with van der Waals surface area (Å²) in [5, 5.41) is 0.123. The second-order valence-corrected chi connectivity index (χ2v) is 4.32. The van der Waals surface area contributed by atoms with Gasteiger partial charge in [-0.1, -0.05) is 11.6 Å². The third kappa shape index (κ3) is 2.81. The van der Waals surface area contributed by atoms with Crippen LogP contribution < -0.4 is 0 Å². The predicted molar refractivity (Wildman–Crippen MR) is 64.2 cm³/mol. The average molecular weight is 289 g/mol. The Morgan fingerprint density at radius 3 is 2.42 bits per heavy atom. The molecule has 0 fully saturated rings. The predicted octanol–water partition coefficient (Wildman–Crippen LogP) is 4.82. The molecule has 2 aromatic rings. The molecule has 0 saturated carbocycles. The molecule has 0 spiro atoms. The van der Waals surface area contributed by atoms with Crippen molar-refractivity contribution < 1.29 is 22.4 Å². The number of hydrogen-bond acceptors (Lipinski definition) is 2. The number of benzene rings is 1. The maximum atomic E-state index is 12.6. The SMILES string of the molecule is CC(=O)c1ccc(-c2cc(C(F)(F)F)ccc2Cl)o1. The normalized spacial score (nSPS) is 11.6. The van der Waals surface area contributed by atoms with E-state index in [0.29, 0.717) is 0 Å². The van der Waals surface area contributed by atoms with Crippen LogP contribution >= 0.6 is 11.6 Å². The lowest BCUT2D eigenvalue weighted by Gasteiger charge is -2.09. The molecule has 1 heterocycles. The van der Waals surface area contributed by atoms with E-state index in [1.165, 1.54) is 19.1 Å². The van der Waals surface area contributed by atoms with Crippen molar-refractivity contribution in [2.75, 3.05) is 0 Å². The summed E-state index contributed by atoms with van der Waals surface area (Å²) in [5.41, 5.74) is -0.725. The average Bonchev–Trinajstić information content (AvgIpc) is 2.77. The Kier molecular flexibility index (Phi) is 3.41. The minimum atomic E-state index is -4.46. The maximum absolute atomic E-state index is 12.6. The molecule has 0 unspecified atom stereocenters. The second kappa shape index (κ2) is 4.74. The first-order chi connectivity index (χ1) is 8.79. The number of halogens is 4. The number of furan rings is 1. The molecule has 0 aliphatic heterocycles. The summed E-state index contributed by atoms with van der Waals surface area (Å²) < 4.78 is 43.0. The van der Waals surface area contributed by atoms with Crippen LogP contribution in [0.2, 0.25) is 5.02 Å². The quantitative estimate of drug-likeness (QED) is 0.742. The van der Waals surface area contributed by atoms with Crippen LogP contribution in [0.25, 0.3) is 11.3 Å². The molecule has 19 heavy (non-hydrogen) atoms. The highest BCUT2D eigenvalue weighted by atomic mass is 35.5. The van der Waals surface area contributed by atoms with Gasteiger partial charge in [-0.05, 0) is 30.3 Å². The molecule has 100 valence electrons. The van der Waals surface area contributed by atoms with Gasteiger partial charge in [-0.3, -0.25) is 4.79 Å². The molecule has 0 aliphatic carbocycles. The number of alkyl halides is 3. The Labute approximate surface area is 111 Å². The molecular formula is C13H8ClF3O2. The fourth-order valence-corrected chi connectivity index (χ4v) is 1.77. The summed E-state index contributed by atoms with van der Waals surface area (Å²) in [4.78, 5) is 11.1. The molecule has 0 radical (unpaired) electrons. The van der Waals surface area contributed by atoms with Gasteiger partial charge in [0.2, 0.25) is 0 Å². The van der Waals surface area contributed by atoms with Crippen LogP contribution in [0, 0.1) is 0 Å². The Morgan fingerprint density at radius 2 is 1.89 bits per heavy atom. The number of rotatable bonds is 2. The van der Waals surface area contributed by atoms with Gasteiger partial charge >= 0.3 is 6.18 Å². The van der Waals surface area contributed by atoms with Crippen LogP contribution in [0.4, 0.5) is 13.2 Å². The van der Waals surface area contributed by atoms with E-state index in [1.807, 2.05) is 0 Å². The number of Topliss-reactive ketones (excluding diaryl/α,β-unsaturated/α-hetero) is 1. The molecule has 0 amide bonds. The van der Waals surface area contributed by atoms with E-state index in [-0.39, 0.29) is 27.9 Å². The monoisotopic (exact) mass is 288 g/mol. The molecule has 6 heteroatoms. The van der Waals surface area contributed by atoms with Gasteiger partial charge in [0.05, 0.1) is 10.6 Å². The smallest absolute Gasteiger partial charge is 0.416 e. The lowest BCUT2D eigenvalue weighted by atomic mass is 10.1. The van der Waals surface area contributed by atoms with Gasteiger partial charge < -0.3 is 4.42 Å². The molecule has 0 saturated heterocycles. The highest BCUT2D eigenvalue weighted by Gasteiger charge is 2.31. The van der Waals surface area contributed by atoms with Gasteiger partial charge in [0.1, 0.15) is 5.76 Å². The van der Waals surface area contributed by atoms with E-state index in [9.17, 15) is 18.0 Å². The molecule has 0 aliphatic rings. The summed E-state index contributed by atoms with van der Waals surface area (Å²) in [6.07, 6.45) is -4.46. The second-order valence-electron chi connectivity index (χ2n) is 3.91. The number of carbonyl (C=O) groups excluding carboxylic acids is 1. The zero-order valence-electron chi connectivity index (χ0n) is 9.72. The van der Waals surface area contributed by atoms with Crippen LogP contribution in [0.15, 0.2) is 34.7 Å². The summed E-state index contributed by atoms with van der Waals surface area (Å²) in [6.45, 7) is 1.30. The van der Waals surface area contributed by atoms with Crippen molar-refractivity contribution in [3.63, 3.8) is 0 Å². The Hall–Kier alpha value is -1.75. The van der Waals surface area contributed by atoms with Crippen molar-refractivity contribution in [2.24, 2.45) is 0 Å². The van der Waals surface area contributed by atoms with Crippen molar-refractivity contribution in [3.05, 3.63) is 46.7 Å².